The first-order chi connectivity index (χ1) is 16.0. The molecular weight excluding hydrogens is 466 g/mol. The van der Waals surface area contributed by atoms with E-state index < -0.39 is 0 Å². The Morgan fingerprint density at radius 1 is 0.909 bits per heavy atom. The van der Waals surface area contributed by atoms with E-state index in [2.05, 4.69) is 131 Å². The lowest BCUT2D eigenvalue weighted by Gasteiger charge is -2.26. The van der Waals surface area contributed by atoms with Crippen LogP contribution in [0.15, 0.2) is 114 Å². The van der Waals surface area contributed by atoms with Gasteiger partial charge in [-0.25, -0.2) is 0 Å². The van der Waals surface area contributed by atoms with Crippen LogP contribution in [-0.2, 0) is 0 Å². The van der Waals surface area contributed by atoms with Crippen molar-refractivity contribution in [1.82, 2.24) is 0 Å². The third-order valence-electron chi connectivity index (χ3n) is 5.44. The lowest BCUT2D eigenvalue weighted by atomic mass is 10.0. The van der Waals surface area contributed by atoms with Crippen molar-refractivity contribution in [2.24, 2.45) is 0 Å². The molecule has 0 N–H and O–H groups in total. The highest BCUT2D eigenvalue weighted by molar-refractivity contribution is 9.10. The zero-order valence-electron chi connectivity index (χ0n) is 18.8. The van der Waals surface area contributed by atoms with Crippen LogP contribution < -0.4 is 4.90 Å². The van der Waals surface area contributed by atoms with Gasteiger partial charge in [-0.1, -0.05) is 89.0 Å². The molecule has 162 valence electrons. The third-order valence-corrected chi connectivity index (χ3v) is 5.97. The van der Waals surface area contributed by atoms with Crippen molar-refractivity contribution in [1.29, 1.82) is 0 Å². The average molecular weight is 492 g/mol. The molecule has 0 bridgehead atoms. The van der Waals surface area contributed by atoms with Crippen LogP contribution in [0.2, 0.25) is 0 Å². The van der Waals surface area contributed by atoms with Crippen LogP contribution in [0.5, 0.6) is 0 Å². The summed E-state index contributed by atoms with van der Waals surface area (Å²) in [6.07, 6.45) is 8.12. The van der Waals surface area contributed by atoms with Crippen LogP contribution in [0, 0.1) is 11.8 Å². The summed E-state index contributed by atoms with van der Waals surface area (Å²) in [6, 6.07) is 25.6. The van der Waals surface area contributed by atoms with Crippen LogP contribution >= 0.6 is 15.9 Å². The summed E-state index contributed by atoms with van der Waals surface area (Å²) in [5.74, 6) is 6.47. The van der Waals surface area contributed by atoms with Gasteiger partial charge in [0.25, 0.3) is 0 Å². The third kappa shape index (κ3) is 5.45. The standard InChI is InChI=1S/C31H26BrN/c1-4-24(22-23(2)3)26-10-16-29(17-11-26)33(31-20-14-28(32)15-21-31)30-18-12-27(13-19-30)25-8-6-5-7-9-25/h4,8,10-22H,1-2,5-6H2,3H3/b24-22+. The SMILES string of the molecule is C=C/C(=C\C(=C)C)c1ccc(N(c2ccc(Br)cc2)c2ccc(C3=CCCC#C3)cc2)cc1. The maximum atomic E-state index is 3.99. The summed E-state index contributed by atoms with van der Waals surface area (Å²) in [7, 11) is 0. The van der Waals surface area contributed by atoms with Crippen molar-refractivity contribution >= 4 is 44.1 Å². The molecule has 1 aliphatic carbocycles. The molecule has 1 aliphatic rings. The largest absolute Gasteiger partial charge is 0.311 e. The van der Waals surface area contributed by atoms with E-state index in [1.807, 2.05) is 13.0 Å². The molecule has 3 aromatic carbocycles. The van der Waals surface area contributed by atoms with Crippen LogP contribution in [-0.4, -0.2) is 0 Å². The summed E-state index contributed by atoms with van der Waals surface area (Å²) < 4.78 is 1.06. The first-order valence-electron chi connectivity index (χ1n) is 11.0. The zero-order chi connectivity index (χ0) is 23.2. The second-order valence-corrected chi connectivity index (χ2v) is 8.93. The Kier molecular flexibility index (Phi) is 7.13. The van der Waals surface area contributed by atoms with Crippen molar-refractivity contribution in [2.75, 3.05) is 4.90 Å². The topological polar surface area (TPSA) is 3.24 Å². The molecule has 0 aliphatic heterocycles. The predicted octanol–water partition coefficient (Wildman–Crippen LogP) is 9.24. The second-order valence-electron chi connectivity index (χ2n) is 8.01. The van der Waals surface area contributed by atoms with E-state index >= 15 is 0 Å². The highest BCUT2D eigenvalue weighted by Gasteiger charge is 2.13. The number of halogens is 1. The van der Waals surface area contributed by atoms with E-state index in [0.29, 0.717) is 0 Å². The molecule has 0 saturated heterocycles. The molecule has 0 spiro atoms. The van der Waals surface area contributed by atoms with Gasteiger partial charge in [0.05, 0.1) is 0 Å². The fraction of sp³-hybridized carbons (Fsp3) is 0.0968. The monoisotopic (exact) mass is 491 g/mol. The molecule has 0 fully saturated rings. The Balaban J connectivity index is 1.73. The number of hydrogen-bond acceptors (Lipinski definition) is 1. The maximum absolute atomic E-state index is 3.99. The van der Waals surface area contributed by atoms with Crippen molar-refractivity contribution in [3.63, 3.8) is 0 Å². The van der Waals surface area contributed by atoms with Gasteiger partial charge >= 0.3 is 0 Å². The van der Waals surface area contributed by atoms with Gasteiger partial charge in [-0.05, 0) is 78.6 Å². The van der Waals surface area contributed by atoms with E-state index in [1.54, 1.807) is 0 Å². The number of allylic oxidation sites excluding steroid dienone is 6. The first kappa shape index (κ1) is 22.6. The van der Waals surface area contributed by atoms with E-state index in [1.165, 1.54) is 0 Å². The second kappa shape index (κ2) is 10.4. The quantitative estimate of drug-likeness (QED) is 0.235. The first-order valence-corrected chi connectivity index (χ1v) is 11.8. The summed E-state index contributed by atoms with van der Waals surface area (Å²) in [4.78, 5) is 2.26. The van der Waals surface area contributed by atoms with Crippen LogP contribution in [0.4, 0.5) is 17.1 Å². The highest BCUT2D eigenvalue weighted by Crippen LogP contribution is 2.36. The lowest BCUT2D eigenvalue weighted by molar-refractivity contribution is 1.08. The minimum absolute atomic E-state index is 0.948. The van der Waals surface area contributed by atoms with Crippen molar-refractivity contribution in [3.05, 3.63) is 125 Å². The van der Waals surface area contributed by atoms with Gasteiger partial charge in [0.2, 0.25) is 0 Å². The molecular formula is C31H26BrN. The molecule has 3 aromatic rings. The van der Waals surface area contributed by atoms with Gasteiger partial charge in [-0.3, -0.25) is 0 Å². The molecule has 2 heteroatoms. The van der Waals surface area contributed by atoms with Crippen molar-refractivity contribution < 1.29 is 0 Å². The predicted molar refractivity (Wildman–Crippen MR) is 147 cm³/mol. The summed E-state index contributed by atoms with van der Waals surface area (Å²) in [5, 5.41) is 0. The summed E-state index contributed by atoms with van der Waals surface area (Å²) >= 11 is 3.55. The van der Waals surface area contributed by atoms with Crippen LogP contribution in [0.3, 0.4) is 0 Å². The number of hydrogen-bond donors (Lipinski definition) is 0. The van der Waals surface area contributed by atoms with Gasteiger partial charge in [0.15, 0.2) is 0 Å². The van der Waals surface area contributed by atoms with Crippen molar-refractivity contribution in [2.45, 2.75) is 19.8 Å². The lowest BCUT2D eigenvalue weighted by Crippen LogP contribution is -2.10. The molecule has 1 nitrogen and oxygen atoms in total. The Morgan fingerprint density at radius 2 is 1.48 bits per heavy atom. The number of benzene rings is 3. The van der Waals surface area contributed by atoms with E-state index in [0.717, 1.165) is 62.2 Å². The molecule has 0 unspecified atom stereocenters. The molecule has 0 amide bonds. The number of rotatable bonds is 7. The number of nitrogens with zero attached hydrogens (tertiary/aromatic N) is 1. The van der Waals surface area contributed by atoms with Crippen LogP contribution in [0.25, 0.3) is 11.1 Å². The smallest absolute Gasteiger partial charge is 0.0462 e. The molecule has 0 atom stereocenters. The molecule has 0 radical (unpaired) electrons. The number of anilines is 3. The minimum Gasteiger partial charge on any atom is -0.311 e. The van der Waals surface area contributed by atoms with E-state index in [4.69, 9.17) is 0 Å². The fourth-order valence-corrected chi connectivity index (χ4v) is 4.11. The van der Waals surface area contributed by atoms with E-state index in [9.17, 15) is 0 Å². The summed E-state index contributed by atoms with van der Waals surface area (Å²) in [6.45, 7) is 9.94. The van der Waals surface area contributed by atoms with Gasteiger partial charge in [0.1, 0.15) is 0 Å². The summed E-state index contributed by atoms with van der Waals surface area (Å²) in [5.41, 5.74) is 8.75. The molecule has 0 saturated carbocycles. The Hall–Kier alpha value is -3.54. The Labute approximate surface area is 205 Å². The fourth-order valence-electron chi connectivity index (χ4n) is 3.84. The zero-order valence-corrected chi connectivity index (χ0v) is 20.4. The Bertz CT molecular complexity index is 1280. The van der Waals surface area contributed by atoms with Crippen molar-refractivity contribution in [3.8, 4) is 11.8 Å². The van der Waals surface area contributed by atoms with Gasteiger partial charge in [-0.15, -0.1) is 0 Å². The molecule has 4 rings (SSSR count). The Morgan fingerprint density at radius 3 is 2.00 bits per heavy atom. The minimum atomic E-state index is 0.948. The normalized spacial score (nSPS) is 12.9. The molecule has 33 heavy (non-hydrogen) atoms. The molecule has 0 aromatic heterocycles. The highest BCUT2D eigenvalue weighted by atomic mass is 79.9. The van der Waals surface area contributed by atoms with Gasteiger partial charge in [-0.2, -0.15) is 0 Å². The average Bonchev–Trinajstić information content (AvgIpc) is 2.85. The maximum Gasteiger partial charge on any atom is 0.0462 e. The molecule has 0 heterocycles. The van der Waals surface area contributed by atoms with Gasteiger partial charge in [0, 0.05) is 33.5 Å². The van der Waals surface area contributed by atoms with Crippen LogP contribution in [0.1, 0.15) is 30.9 Å². The van der Waals surface area contributed by atoms with E-state index in [-0.39, 0.29) is 0 Å². The van der Waals surface area contributed by atoms with Gasteiger partial charge < -0.3 is 4.90 Å².